The minimum Gasteiger partial charge on any atom is -0.468 e. The molecule has 11 heteroatoms. The highest BCUT2D eigenvalue weighted by Gasteiger charge is 2.28. The van der Waals surface area contributed by atoms with Gasteiger partial charge in [0, 0.05) is 44.2 Å². The van der Waals surface area contributed by atoms with Crippen LogP contribution in [-0.4, -0.2) is 59.1 Å². The molecular formula is C17H23F3N6O2. The monoisotopic (exact) mass is 400 g/mol. The number of hydrogen-bond donors (Lipinski definition) is 2. The van der Waals surface area contributed by atoms with Crippen molar-refractivity contribution in [2.24, 2.45) is 7.05 Å². The highest BCUT2D eigenvalue weighted by Crippen LogP contribution is 2.17. The largest absolute Gasteiger partial charge is 0.468 e. The number of hydrogen-bond acceptors (Lipinski definition) is 5. The van der Waals surface area contributed by atoms with Gasteiger partial charge in [-0.3, -0.25) is 4.68 Å². The van der Waals surface area contributed by atoms with Gasteiger partial charge in [0.15, 0.2) is 6.61 Å². The first kappa shape index (κ1) is 21.5. The Bertz CT molecular complexity index is 761. The molecule has 2 heterocycles. The number of nitrogens with zero attached hydrogens (tertiary/aromatic N) is 4. The van der Waals surface area contributed by atoms with Gasteiger partial charge in [-0.05, 0) is 19.7 Å². The maximum absolute atomic E-state index is 12.1. The number of aryl methyl sites for hydroxylation is 1. The minimum atomic E-state index is -4.42. The summed E-state index contributed by atoms with van der Waals surface area (Å²) in [6.07, 6.45) is 0.571. The Morgan fingerprint density at radius 2 is 2.04 bits per heavy atom. The third-order valence-corrected chi connectivity index (χ3v) is 3.82. The van der Waals surface area contributed by atoms with Crippen LogP contribution in [0.1, 0.15) is 17.2 Å². The molecule has 2 aromatic heterocycles. The molecule has 0 aromatic carbocycles. The number of rotatable bonds is 8. The Balaban J connectivity index is 1.78. The predicted molar refractivity (Wildman–Crippen MR) is 95.7 cm³/mol. The van der Waals surface area contributed by atoms with Crippen LogP contribution in [0.15, 0.2) is 30.7 Å². The highest BCUT2D eigenvalue weighted by atomic mass is 19.4. The van der Waals surface area contributed by atoms with E-state index in [-0.39, 0.29) is 24.5 Å². The quantitative estimate of drug-likeness (QED) is 0.707. The number of carbonyl (C=O) groups excluding carboxylic acids is 1. The summed E-state index contributed by atoms with van der Waals surface area (Å²) < 4.78 is 42.5. The van der Waals surface area contributed by atoms with Gasteiger partial charge in [0.05, 0.1) is 12.2 Å². The lowest BCUT2D eigenvalue weighted by Crippen LogP contribution is -2.40. The highest BCUT2D eigenvalue weighted by molar-refractivity contribution is 5.73. The van der Waals surface area contributed by atoms with Crippen LogP contribution in [0.5, 0.6) is 5.88 Å². The molecule has 1 atom stereocenters. The molecule has 0 fully saturated rings. The molecule has 2 rings (SSSR count). The van der Waals surface area contributed by atoms with Gasteiger partial charge in [-0.25, -0.2) is 9.78 Å². The van der Waals surface area contributed by atoms with E-state index in [0.717, 1.165) is 5.56 Å². The molecule has 0 saturated heterocycles. The fourth-order valence-corrected chi connectivity index (χ4v) is 2.40. The lowest BCUT2D eigenvalue weighted by Gasteiger charge is -2.23. The van der Waals surface area contributed by atoms with Crippen LogP contribution in [0.4, 0.5) is 18.0 Å². The van der Waals surface area contributed by atoms with Crippen LogP contribution >= 0.6 is 0 Å². The summed E-state index contributed by atoms with van der Waals surface area (Å²) >= 11 is 0. The van der Waals surface area contributed by atoms with E-state index in [1.165, 1.54) is 18.3 Å². The molecular weight excluding hydrogens is 377 g/mol. The van der Waals surface area contributed by atoms with E-state index in [2.05, 4.69) is 25.5 Å². The zero-order valence-corrected chi connectivity index (χ0v) is 15.8. The average Bonchev–Trinajstić information content (AvgIpc) is 3.04. The van der Waals surface area contributed by atoms with Crippen LogP contribution in [0, 0.1) is 0 Å². The second-order valence-corrected chi connectivity index (χ2v) is 6.40. The molecule has 0 aliphatic heterocycles. The topological polar surface area (TPSA) is 84.3 Å². The molecule has 0 bridgehead atoms. The van der Waals surface area contributed by atoms with Crippen LogP contribution in [0.2, 0.25) is 0 Å². The fourth-order valence-electron chi connectivity index (χ4n) is 2.40. The predicted octanol–water partition coefficient (Wildman–Crippen LogP) is 1.86. The van der Waals surface area contributed by atoms with Crippen molar-refractivity contribution in [3.63, 3.8) is 0 Å². The van der Waals surface area contributed by atoms with E-state index in [1.807, 2.05) is 32.2 Å². The molecule has 0 radical (unpaired) electrons. The maximum atomic E-state index is 12.1. The minimum absolute atomic E-state index is 0.0359. The normalized spacial score (nSPS) is 12.7. The number of urea groups is 1. The molecule has 8 nitrogen and oxygen atoms in total. The van der Waals surface area contributed by atoms with Crippen molar-refractivity contribution in [1.29, 1.82) is 0 Å². The Hall–Kier alpha value is -2.82. The van der Waals surface area contributed by atoms with Gasteiger partial charge in [0.2, 0.25) is 5.88 Å². The Morgan fingerprint density at radius 1 is 1.29 bits per heavy atom. The van der Waals surface area contributed by atoms with E-state index in [1.54, 1.807) is 10.9 Å². The van der Waals surface area contributed by atoms with Gasteiger partial charge in [0.25, 0.3) is 0 Å². The maximum Gasteiger partial charge on any atom is 0.422 e. The summed E-state index contributed by atoms with van der Waals surface area (Å²) in [5.74, 6) is -0.129. The van der Waals surface area contributed by atoms with Gasteiger partial charge in [-0.15, -0.1) is 0 Å². The van der Waals surface area contributed by atoms with Gasteiger partial charge < -0.3 is 20.3 Å². The number of pyridine rings is 1. The third-order valence-electron chi connectivity index (χ3n) is 3.82. The lowest BCUT2D eigenvalue weighted by atomic mass is 10.1. The number of ether oxygens (including phenoxy) is 1. The van der Waals surface area contributed by atoms with E-state index < -0.39 is 12.8 Å². The first-order valence-corrected chi connectivity index (χ1v) is 8.45. The summed E-state index contributed by atoms with van der Waals surface area (Å²) in [7, 11) is 5.64. The molecule has 28 heavy (non-hydrogen) atoms. The van der Waals surface area contributed by atoms with Crippen LogP contribution in [-0.2, 0) is 13.6 Å². The fraction of sp³-hybridized carbons (Fsp3) is 0.471. The van der Waals surface area contributed by atoms with Crippen LogP contribution in [0.25, 0.3) is 0 Å². The molecule has 2 amide bonds. The average molecular weight is 400 g/mol. The van der Waals surface area contributed by atoms with Crippen molar-refractivity contribution in [1.82, 2.24) is 30.3 Å². The van der Waals surface area contributed by atoms with Crippen LogP contribution in [0.3, 0.4) is 0 Å². The lowest BCUT2D eigenvalue weighted by molar-refractivity contribution is -0.154. The van der Waals surface area contributed by atoms with E-state index in [4.69, 9.17) is 0 Å². The number of halogens is 3. The molecule has 0 aliphatic rings. The summed E-state index contributed by atoms with van der Waals surface area (Å²) in [4.78, 5) is 17.8. The second kappa shape index (κ2) is 9.40. The summed E-state index contributed by atoms with van der Waals surface area (Å²) in [5, 5.41) is 9.61. The second-order valence-electron chi connectivity index (χ2n) is 6.40. The van der Waals surface area contributed by atoms with Crippen molar-refractivity contribution in [2.75, 3.05) is 27.2 Å². The third kappa shape index (κ3) is 7.06. The number of nitrogens with one attached hydrogen (secondary N) is 2. The molecule has 2 N–H and O–H groups in total. The molecule has 1 unspecified atom stereocenters. The Kier molecular flexibility index (Phi) is 7.21. The van der Waals surface area contributed by atoms with Crippen molar-refractivity contribution in [2.45, 2.75) is 18.8 Å². The zero-order valence-electron chi connectivity index (χ0n) is 15.8. The number of likely N-dealkylation sites (N-methyl/N-ethyl adjacent to an activating group) is 1. The van der Waals surface area contributed by atoms with Crippen molar-refractivity contribution >= 4 is 6.03 Å². The van der Waals surface area contributed by atoms with E-state index >= 15 is 0 Å². The first-order valence-electron chi connectivity index (χ1n) is 8.45. The zero-order chi connectivity index (χ0) is 20.7. The SMILES string of the molecule is CN(C)C(CNC(=O)NCc1ccc(OCC(F)(F)F)nc1)c1cnn(C)c1. The number of amides is 2. The molecule has 154 valence electrons. The van der Waals surface area contributed by atoms with Crippen molar-refractivity contribution in [3.8, 4) is 5.88 Å². The number of aromatic nitrogens is 3. The number of alkyl halides is 3. The molecule has 0 spiro atoms. The first-order chi connectivity index (χ1) is 13.1. The Morgan fingerprint density at radius 3 is 2.57 bits per heavy atom. The van der Waals surface area contributed by atoms with Gasteiger partial charge in [-0.2, -0.15) is 18.3 Å². The Labute approximate surface area is 160 Å². The smallest absolute Gasteiger partial charge is 0.422 e. The standard InChI is InChI=1S/C17H23F3N6O2/c1-25(2)14(13-8-24-26(3)10-13)9-23-16(27)22-7-12-4-5-15(21-6-12)28-11-17(18,19)20/h4-6,8,10,14H,7,9,11H2,1-3H3,(H2,22,23,27). The summed E-state index contributed by atoms with van der Waals surface area (Å²) in [5.41, 5.74) is 1.61. The number of carbonyl (C=O) groups is 1. The van der Waals surface area contributed by atoms with Gasteiger partial charge in [0.1, 0.15) is 0 Å². The molecule has 0 saturated carbocycles. The van der Waals surface area contributed by atoms with Crippen molar-refractivity contribution < 1.29 is 22.7 Å². The van der Waals surface area contributed by atoms with Crippen molar-refractivity contribution in [3.05, 3.63) is 41.9 Å². The van der Waals surface area contributed by atoms with E-state index in [9.17, 15) is 18.0 Å². The van der Waals surface area contributed by atoms with Gasteiger partial charge >= 0.3 is 12.2 Å². The molecule has 2 aromatic rings. The van der Waals surface area contributed by atoms with Crippen LogP contribution < -0.4 is 15.4 Å². The van der Waals surface area contributed by atoms with Gasteiger partial charge in [-0.1, -0.05) is 6.07 Å². The van der Waals surface area contributed by atoms with E-state index in [0.29, 0.717) is 12.1 Å². The summed E-state index contributed by atoms with van der Waals surface area (Å²) in [6, 6.07) is 2.46. The molecule has 0 aliphatic carbocycles. The summed E-state index contributed by atoms with van der Waals surface area (Å²) in [6.45, 7) is -0.838.